The molecule has 2 N–H and O–H groups in total. The third kappa shape index (κ3) is 5.25. The molecule has 0 aliphatic rings. The minimum absolute atomic E-state index is 0.231. The molecule has 6 nitrogen and oxygen atoms in total. The van der Waals surface area contributed by atoms with Crippen molar-refractivity contribution in [1.82, 2.24) is 15.3 Å². The zero-order chi connectivity index (χ0) is 22.5. The van der Waals surface area contributed by atoms with E-state index in [0.29, 0.717) is 17.9 Å². The first kappa shape index (κ1) is 21.4. The quantitative estimate of drug-likeness (QED) is 0.437. The molecule has 32 heavy (non-hydrogen) atoms. The second-order valence-electron chi connectivity index (χ2n) is 7.39. The predicted molar refractivity (Wildman–Crippen MR) is 127 cm³/mol. The number of amides is 2. The van der Waals surface area contributed by atoms with Crippen LogP contribution in [0.4, 0.5) is 5.82 Å². The number of thiazole rings is 1. The molecule has 0 saturated carbocycles. The van der Waals surface area contributed by atoms with Crippen molar-refractivity contribution < 1.29 is 9.59 Å². The summed E-state index contributed by atoms with van der Waals surface area (Å²) >= 11 is 1.61. The van der Waals surface area contributed by atoms with E-state index in [9.17, 15) is 9.59 Å². The van der Waals surface area contributed by atoms with Gasteiger partial charge in [-0.3, -0.25) is 9.59 Å². The van der Waals surface area contributed by atoms with E-state index in [1.165, 1.54) is 18.7 Å². The monoisotopic (exact) mass is 442 g/mol. The van der Waals surface area contributed by atoms with Crippen LogP contribution in [-0.4, -0.2) is 21.8 Å². The van der Waals surface area contributed by atoms with Crippen molar-refractivity contribution in [2.45, 2.75) is 20.4 Å². The van der Waals surface area contributed by atoms with Crippen LogP contribution in [0.5, 0.6) is 0 Å². The van der Waals surface area contributed by atoms with Gasteiger partial charge in [-0.1, -0.05) is 54.1 Å². The summed E-state index contributed by atoms with van der Waals surface area (Å²) in [6.45, 7) is 3.86. The van der Waals surface area contributed by atoms with Gasteiger partial charge in [0.05, 0.1) is 5.69 Å². The Morgan fingerprint density at radius 1 is 0.969 bits per heavy atom. The van der Waals surface area contributed by atoms with Gasteiger partial charge in [0.2, 0.25) is 5.91 Å². The van der Waals surface area contributed by atoms with Gasteiger partial charge in [-0.15, -0.1) is 11.3 Å². The highest BCUT2D eigenvalue weighted by Crippen LogP contribution is 2.29. The summed E-state index contributed by atoms with van der Waals surface area (Å²) < 4.78 is 0. The third-order valence-electron chi connectivity index (χ3n) is 4.83. The highest BCUT2D eigenvalue weighted by molar-refractivity contribution is 7.13. The van der Waals surface area contributed by atoms with E-state index in [1.807, 2.05) is 24.3 Å². The van der Waals surface area contributed by atoms with Crippen LogP contribution in [0.25, 0.3) is 21.8 Å². The van der Waals surface area contributed by atoms with Gasteiger partial charge in [0.15, 0.2) is 0 Å². The van der Waals surface area contributed by atoms with Crippen LogP contribution in [0, 0.1) is 6.92 Å². The predicted octanol–water partition coefficient (Wildman–Crippen LogP) is 5.07. The van der Waals surface area contributed by atoms with Crippen LogP contribution in [0.2, 0.25) is 0 Å². The molecule has 0 atom stereocenters. The van der Waals surface area contributed by atoms with Crippen molar-refractivity contribution in [1.29, 1.82) is 0 Å². The van der Waals surface area contributed by atoms with E-state index in [-0.39, 0.29) is 11.8 Å². The van der Waals surface area contributed by atoms with Crippen LogP contribution in [0.3, 0.4) is 0 Å². The number of aryl methyl sites for hydroxylation is 1. The highest BCUT2D eigenvalue weighted by Gasteiger charge is 2.09. The van der Waals surface area contributed by atoms with Gasteiger partial charge < -0.3 is 10.6 Å². The Bertz CT molecular complexity index is 1250. The molecule has 2 amide bonds. The number of rotatable bonds is 6. The topological polar surface area (TPSA) is 84.0 Å². The first-order valence-electron chi connectivity index (χ1n) is 10.1. The largest absolute Gasteiger partial charge is 0.348 e. The molecule has 2 aromatic carbocycles. The summed E-state index contributed by atoms with van der Waals surface area (Å²) in [6.07, 6.45) is 1.49. The lowest BCUT2D eigenvalue weighted by atomic mass is 10.1. The number of nitrogens with one attached hydrogen (secondary N) is 2. The highest BCUT2D eigenvalue weighted by atomic mass is 32.1. The smallest absolute Gasteiger partial charge is 0.251 e. The van der Waals surface area contributed by atoms with Crippen molar-refractivity contribution in [3.05, 3.63) is 88.9 Å². The van der Waals surface area contributed by atoms with Crippen LogP contribution < -0.4 is 10.6 Å². The van der Waals surface area contributed by atoms with E-state index in [2.05, 4.69) is 52.2 Å². The van der Waals surface area contributed by atoms with Crippen LogP contribution >= 0.6 is 11.3 Å². The summed E-state index contributed by atoms with van der Waals surface area (Å²) in [5.74, 6) is -0.116. The first-order chi connectivity index (χ1) is 15.5. The molecule has 0 fully saturated rings. The number of hydrogen-bond acceptors (Lipinski definition) is 5. The Morgan fingerprint density at radius 3 is 2.41 bits per heavy atom. The molecule has 7 heteroatoms. The minimum Gasteiger partial charge on any atom is -0.348 e. The second-order valence-corrected chi connectivity index (χ2v) is 8.25. The number of hydrogen-bond donors (Lipinski definition) is 2. The molecular weight excluding hydrogens is 420 g/mol. The van der Waals surface area contributed by atoms with Gasteiger partial charge >= 0.3 is 0 Å². The number of nitrogens with zero attached hydrogens (tertiary/aromatic N) is 2. The van der Waals surface area contributed by atoms with Gasteiger partial charge in [0.25, 0.3) is 5.91 Å². The molecule has 0 radical (unpaired) electrons. The van der Waals surface area contributed by atoms with E-state index < -0.39 is 0 Å². The number of benzene rings is 2. The van der Waals surface area contributed by atoms with E-state index >= 15 is 0 Å². The molecule has 4 rings (SSSR count). The van der Waals surface area contributed by atoms with Crippen LogP contribution in [0.1, 0.15) is 28.4 Å². The molecule has 2 aromatic heterocycles. The van der Waals surface area contributed by atoms with Gasteiger partial charge in [0, 0.05) is 41.7 Å². The van der Waals surface area contributed by atoms with Crippen molar-refractivity contribution in [3.8, 4) is 21.8 Å². The fourth-order valence-electron chi connectivity index (χ4n) is 3.13. The Hall–Kier alpha value is -3.84. The van der Waals surface area contributed by atoms with E-state index in [1.54, 1.807) is 23.5 Å². The molecule has 0 spiro atoms. The standard InChI is InChI=1S/C25H22N4O2S/c1-16-3-7-19(8-4-16)22-15-32-25(29-22)20-9-5-18(6-10-20)14-27-24(31)21-11-12-26-23(13-21)28-17(2)30/h3-13,15H,14H2,1-2H3,(H,27,31)(H,26,28,30). The molecule has 0 aliphatic heterocycles. The van der Waals surface area contributed by atoms with Crippen molar-refractivity contribution in [2.75, 3.05) is 5.32 Å². The normalized spacial score (nSPS) is 10.6. The number of aromatic nitrogens is 2. The number of pyridine rings is 1. The summed E-state index contributed by atoms with van der Waals surface area (Å²) in [4.78, 5) is 32.4. The first-order valence-corrected chi connectivity index (χ1v) is 11.0. The number of carbonyl (C=O) groups is 2. The molecule has 0 saturated heterocycles. The number of carbonyl (C=O) groups excluding carboxylic acids is 2. The van der Waals surface area contributed by atoms with Gasteiger partial charge in [0.1, 0.15) is 10.8 Å². The van der Waals surface area contributed by atoms with Gasteiger partial charge in [-0.05, 0) is 24.6 Å². The van der Waals surface area contributed by atoms with E-state index in [4.69, 9.17) is 4.98 Å². The fourth-order valence-corrected chi connectivity index (χ4v) is 3.97. The van der Waals surface area contributed by atoms with Crippen molar-refractivity contribution in [2.24, 2.45) is 0 Å². The van der Waals surface area contributed by atoms with Crippen LogP contribution in [-0.2, 0) is 11.3 Å². The van der Waals surface area contributed by atoms with Crippen molar-refractivity contribution in [3.63, 3.8) is 0 Å². The second kappa shape index (κ2) is 9.53. The summed E-state index contributed by atoms with van der Waals surface area (Å²) in [5.41, 5.74) is 5.76. The molecule has 0 aliphatic carbocycles. The molecule has 2 heterocycles. The average molecular weight is 443 g/mol. The Kier molecular flexibility index (Phi) is 6.37. The third-order valence-corrected chi connectivity index (χ3v) is 5.72. The zero-order valence-electron chi connectivity index (χ0n) is 17.8. The molecule has 160 valence electrons. The van der Waals surface area contributed by atoms with Crippen LogP contribution in [0.15, 0.2) is 72.2 Å². The zero-order valence-corrected chi connectivity index (χ0v) is 18.6. The summed E-state index contributed by atoms with van der Waals surface area (Å²) in [5, 5.41) is 8.49. The minimum atomic E-state index is -0.235. The summed E-state index contributed by atoms with van der Waals surface area (Å²) in [6, 6.07) is 19.5. The lowest BCUT2D eigenvalue weighted by Gasteiger charge is -2.07. The van der Waals surface area contributed by atoms with E-state index in [0.717, 1.165) is 27.4 Å². The van der Waals surface area contributed by atoms with Crippen molar-refractivity contribution >= 4 is 29.0 Å². The lowest BCUT2D eigenvalue weighted by molar-refractivity contribution is -0.114. The molecule has 0 bridgehead atoms. The Balaban J connectivity index is 1.39. The maximum Gasteiger partial charge on any atom is 0.251 e. The average Bonchev–Trinajstić information content (AvgIpc) is 3.28. The summed E-state index contributed by atoms with van der Waals surface area (Å²) in [7, 11) is 0. The Labute approximate surface area is 190 Å². The maximum absolute atomic E-state index is 12.4. The number of anilines is 1. The molecule has 4 aromatic rings. The molecule has 0 unspecified atom stereocenters. The van der Waals surface area contributed by atoms with Gasteiger partial charge in [-0.2, -0.15) is 0 Å². The Morgan fingerprint density at radius 2 is 1.69 bits per heavy atom. The SMILES string of the molecule is CC(=O)Nc1cc(C(=O)NCc2ccc(-c3nc(-c4ccc(C)cc4)cs3)cc2)ccn1. The lowest BCUT2D eigenvalue weighted by Crippen LogP contribution is -2.23. The van der Waals surface area contributed by atoms with Gasteiger partial charge in [-0.25, -0.2) is 9.97 Å². The fraction of sp³-hybridized carbons (Fsp3) is 0.120. The maximum atomic E-state index is 12.4. The molecular formula is C25H22N4O2S.